The number of hydrogen-bond acceptors (Lipinski definition) is 14. The normalized spacial score (nSPS) is 14.6. The van der Waals surface area contributed by atoms with Crippen molar-refractivity contribution < 1.29 is 75.8 Å². The molecule has 5 atom stereocenters. The highest BCUT2D eigenvalue weighted by Crippen LogP contribution is 2.45. The molecule has 0 heterocycles. The Balaban J connectivity index is 4.44. The summed E-state index contributed by atoms with van der Waals surface area (Å²) in [5, 5.41) is 20.6. The van der Waals surface area contributed by atoms with Crippen LogP contribution in [0, 0.1) is 0 Å². The van der Waals surface area contributed by atoms with Crippen LogP contribution in [0.4, 0.5) is 0 Å². The van der Waals surface area contributed by atoms with Gasteiger partial charge in [-0.1, -0.05) is 304 Å². The molecule has 0 spiro atoms. The minimum absolute atomic E-state index is 0.0923. The molecule has 0 fully saturated rings. The predicted molar refractivity (Wildman–Crippen MR) is 417 cm³/mol. The molecular formula is C83H146O16P2. The van der Waals surface area contributed by atoms with E-state index >= 15 is 0 Å². The summed E-state index contributed by atoms with van der Waals surface area (Å²) in [5.74, 6) is -1.59. The molecule has 18 heteroatoms. The first-order valence-electron chi connectivity index (χ1n) is 40.2. The molecule has 4 N–H and O–H groups in total. The van der Waals surface area contributed by atoms with Crippen LogP contribution in [0.15, 0.2) is 109 Å². The van der Waals surface area contributed by atoms with Gasteiger partial charge in [-0.15, -0.1) is 0 Å². The average Bonchev–Trinajstić information content (AvgIpc) is 0.945. The molecule has 101 heavy (non-hydrogen) atoms. The first-order chi connectivity index (χ1) is 49.2. The number of allylic oxidation sites excluding steroid dienone is 18. The highest BCUT2D eigenvalue weighted by molar-refractivity contribution is 7.47. The number of phosphoric ester groups is 2. The van der Waals surface area contributed by atoms with Gasteiger partial charge in [0.2, 0.25) is 0 Å². The SMILES string of the molecule is CCCC/C=C\CCCCCCCC(=O)OC(COC(=O)CCCCCCCCCCC/C=C\C/C=C\C/C=C\C/C=C\CCCCC)COP(=O)(O)OCC(O)COP(=O)(O)OCC(O)COC(=O)CCCCCCCCCCCCCCC/C=C\C/C=C\C/C=C\C/C=C\CCCCC. The molecule has 16 nitrogen and oxygen atoms in total. The zero-order valence-electron chi connectivity index (χ0n) is 63.8. The van der Waals surface area contributed by atoms with Crippen molar-refractivity contribution in [2.45, 2.75) is 360 Å². The quantitative estimate of drug-likeness (QED) is 0.0146. The Hall–Kier alpha value is -3.79. The Morgan fingerprint density at radius 1 is 0.277 bits per heavy atom. The van der Waals surface area contributed by atoms with Crippen molar-refractivity contribution in [1.29, 1.82) is 0 Å². The van der Waals surface area contributed by atoms with Crippen LogP contribution in [-0.2, 0) is 55.8 Å². The third-order valence-corrected chi connectivity index (χ3v) is 18.8. The van der Waals surface area contributed by atoms with E-state index in [1.807, 2.05) is 0 Å². The average molecular weight is 1460 g/mol. The molecule has 0 amide bonds. The fraction of sp³-hybridized carbons (Fsp3) is 0.747. The number of aliphatic hydroxyl groups excluding tert-OH is 2. The first kappa shape index (κ1) is 97.2. The van der Waals surface area contributed by atoms with Crippen molar-refractivity contribution in [3.8, 4) is 0 Å². The van der Waals surface area contributed by atoms with Gasteiger partial charge in [0.15, 0.2) is 6.10 Å². The van der Waals surface area contributed by atoms with Gasteiger partial charge < -0.3 is 34.2 Å². The third kappa shape index (κ3) is 77.1. The van der Waals surface area contributed by atoms with E-state index in [1.165, 1.54) is 148 Å². The second-order valence-corrected chi connectivity index (χ2v) is 29.8. The minimum Gasteiger partial charge on any atom is -0.463 e. The lowest BCUT2D eigenvalue weighted by Crippen LogP contribution is -2.30. The molecule has 0 rings (SSSR count). The largest absolute Gasteiger partial charge is 0.472 e. The molecule has 0 saturated heterocycles. The second-order valence-electron chi connectivity index (χ2n) is 26.9. The van der Waals surface area contributed by atoms with Gasteiger partial charge in [0.1, 0.15) is 25.4 Å². The number of unbranched alkanes of at least 4 members (excludes halogenated alkanes) is 35. The van der Waals surface area contributed by atoms with Crippen LogP contribution in [0.5, 0.6) is 0 Å². The van der Waals surface area contributed by atoms with Gasteiger partial charge in [0, 0.05) is 19.3 Å². The minimum atomic E-state index is -4.93. The maximum Gasteiger partial charge on any atom is 0.472 e. The molecule has 5 unspecified atom stereocenters. The van der Waals surface area contributed by atoms with Crippen molar-refractivity contribution in [3.63, 3.8) is 0 Å². The Morgan fingerprint density at radius 3 is 0.822 bits per heavy atom. The topological polar surface area (TPSA) is 231 Å². The second kappa shape index (κ2) is 75.9. The number of esters is 3. The van der Waals surface area contributed by atoms with E-state index in [2.05, 4.69) is 130 Å². The lowest BCUT2D eigenvalue weighted by Gasteiger charge is -2.21. The van der Waals surface area contributed by atoms with Crippen molar-refractivity contribution in [2.24, 2.45) is 0 Å². The maximum absolute atomic E-state index is 12.9. The van der Waals surface area contributed by atoms with Crippen molar-refractivity contribution in [1.82, 2.24) is 0 Å². The summed E-state index contributed by atoms with van der Waals surface area (Å²) < 4.78 is 61.1. The summed E-state index contributed by atoms with van der Waals surface area (Å²) in [6.07, 6.45) is 88.6. The van der Waals surface area contributed by atoms with Gasteiger partial charge in [-0.05, 0) is 128 Å². The zero-order valence-corrected chi connectivity index (χ0v) is 65.6. The Kier molecular flexibility index (Phi) is 73.0. The zero-order chi connectivity index (χ0) is 73.7. The highest BCUT2D eigenvalue weighted by Gasteiger charge is 2.29. The summed E-state index contributed by atoms with van der Waals surface area (Å²) in [6, 6.07) is 0. The predicted octanol–water partition coefficient (Wildman–Crippen LogP) is 23.5. The summed E-state index contributed by atoms with van der Waals surface area (Å²) in [7, 11) is -9.78. The van der Waals surface area contributed by atoms with E-state index in [4.69, 9.17) is 32.3 Å². The summed E-state index contributed by atoms with van der Waals surface area (Å²) in [4.78, 5) is 58.6. The smallest absolute Gasteiger partial charge is 0.463 e. The Labute approximate surface area is 615 Å². The van der Waals surface area contributed by atoms with Gasteiger partial charge in [-0.3, -0.25) is 32.5 Å². The molecule has 0 aliphatic heterocycles. The molecular weight excluding hydrogens is 1310 g/mol. The van der Waals surface area contributed by atoms with E-state index in [0.717, 1.165) is 135 Å². The van der Waals surface area contributed by atoms with Crippen LogP contribution in [0.3, 0.4) is 0 Å². The first-order valence-corrected chi connectivity index (χ1v) is 43.2. The molecule has 0 aromatic carbocycles. The molecule has 0 aliphatic rings. The van der Waals surface area contributed by atoms with Gasteiger partial charge in [0.05, 0.1) is 26.4 Å². The molecule has 584 valence electrons. The van der Waals surface area contributed by atoms with Crippen molar-refractivity contribution in [2.75, 3.05) is 39.6 Å². The van der Waals surface area contributed by atoms with E-state index in [-0.39, 0.29) is 19.3 Å². The van der Waals surface area contributed by atoms with E-state index in [9.17, 15) is 43.5 Å². The van der Waals surface area contributed by atoms with E-state index in [1.54, 1.807) is 0 Å². The number of aliphatic hydroxyl groups is 2. The van der Waals surface area contributed by atoms with Crippen LogP contribution in [0.1, 0.15) is 342 Å². The fourth-order valence-corrected chi connectivity index (χ4v) is 12.3. The number of rotatable bonds is 76. The lowest BCUT2D eigenvalue weighted by molar-refractivity contribution is -0.161. The van der Waals surface area contributed by atoms with Crippen LogP contribution >= 0.6 is 15.6 Å². The van der Waals surface area contributed by atoms with Crippen LogP contribution in [-0.4, -0.2) is 95.9 Å². The molecule has 0 radical (unpaired) electrons. The monoisotopic (exact) mass is 1460 g/mol. The molecule has 0 aromatic rings. The van der Waals surface area contributed by atoms with Crippen LogP contribution in [0.2, 0.25) is 0 Å². The molecule has 0 aliphatic carbocycles. The molecule has 0 bridgehead atoms. The van der Waals surface area contributed by atoms with Crippen LogP contribution < -0.4 is 0 Å². The molecule has 0 saturated carbocycles. The molecule has 0 aromatic heterocycles. The number of hydrogen-bond donors (Lipinski definition) is 4. The summed E-state index contributed by atoms with van der Waals surface area (Å²) in [6.45, 7) is 2.59. The van der Waals surface area contributed by atoms with Crippen molar-refractivity contribution in [3.05, 3.63) is 109 Å². The van der Waals surface area contributed by atoms with Gasteiger partial charge >= 0.3 is 33.6 Å². The van der Waals surface area contributed by atoms with Crippen molar-refractivity contribution >= 4 is 33.6 Å². The number of carbonyl (C=O) groups excluding carboxylic acids is 3. The fourth-order valence-electron chi connectivity index (χ4n) is 10.8. The van der Waals surface area contributed by atoms with E-state index in [0.29, 0.717) is 19.3 Å². The Bertz CT molecular complexity index is 2270. The standard InChI is InChI=1S/C83H146O16P2/c1-4-7-10-13-16-19-22-24-26-28-30-32-34-36-37-38-39-41-43-44-46-48-50-52-55-57-60-63-66-69-81(86)93-72-78(84)73-95-100(89,90)96-74-79(85)75-97-101(91,92)98-77-80(99-83(88)71-68-65-62-59-54-21-18-15-12-9-6-3)76-94-82(87)70-67-64-61-58-56-53-51-49-47-45-42-40-35-33-31-29-27-25-23-20-17-14-11-8-5-2/h15-20,24-27,30-33,36-37,40,42,78-80,84-85H,4-14,21-23,28-29,34-35,38-39,41,43-77H2,1-3H3,(H,89,90)(H,91,92)/b18-15-,19-16-,20-17-,26-24-,27-25-,32-30-,33-31-,37-36-,42-40-. The lowest BCUT2D eigenvalue weighted by atomic mass is 10.0. The van der Waals surface area contributed by atoms with Gasteiger partial charge in [0.25, 0.3) is 0 Å². The van der Waals surface area contributed by atoms with Gasteiger partial charge in [-0.25, -0.2) is 9.13 Å². The van der Waals surface area contributed by atoms with Gasteiger partial charge in [-0.2, -0.15) is 0 Å². The number of carbonyl (C=O) groups is 3. The number of ether oxygens (including phenoxy) is 3. The third-order valence-electron chi connectivity index (χ3n) is 16.9. The maximum atomic E-state index is 12.9. The number of phosphoric acid groups is 2. The van der Waals surface area contributed by atoms with Crippen LogP contribution in [0.25, 0.3) is 0 Å². The summed E-state index contributed by atoms with van der Waals surface area (Å²) >= 11 is 0. The Morgan fingerprint density at radius 2 is 0.505 bits per heavy atom. The summed E-state index contributed by atoms with van der Waals surface area (Å²) in [5.41, 5.74) is 0. The highest BCUT2D eigenvalue weighted by atomic mass is 31.2. The van der Waals surface area contributed by atoms with E-state index < -0.39 is 91.5 Å².